The molecule has 3 aromatic rings. The summed E-state index contributed by atoms with van der Waals surface area (Å²) in [6, 6.07) is 4.28. The van der Waals surface area contributed by atoms with Crippen LogP contribution in [0.2, 0.25) is 15.1 Å². The number of halogens is 8. The topological polar surface area (TPSA) is 87.0 Å². The van der Waals surface area contributed by atoms with Crippen LogP contribution < -0.4 is 4.74 Å². The van der Waals surface area contributed by atoms with Crippen LogP contribution in [-0.4, -0.2) is 21.3 Å². The number of carbonyl (C=O) groups is 1. The van der Waals surface area contributed by atoms with Gasteiger partial charge < -0.3 is 20.1 Å². The molecule has 0 fully saturated rings. The Hall–Kier alpha value is -0.390. The van der Waals surface area contributed by atoms with Crippen LogP contribution in [0.1, 0.15) is 27.0 Å². The highest BCUT2D eigenvalue weighted by atomic mass is 79.9. The number of rotatable bonds is 2. The molecular formula is C20H6Br4Cl4O5. The largest absolute Gasteiger partial charge is 0.505 e. The molecule has 3 N–H and O–H groups in total. The van der Waals surface area contributed by atoms with Gasteiger partial charge in [-0.1, -0.05) is 40.9 Å². The highest BCUT2D eigenvalue weighted by Crippen LogP contribution is 2.66. The lowest BCUT2D eigenvalue weighted by Gasteiger charge is -2.39. The zero-order chi connectivity index (χ0) is 24.6. The molecule has 4 rings (SSSR count). The fourth-order valence-electron chi connectivity index (χ4n) is 3.59. The zero-order valence-corrected chi connectivity index (χ0v) is 24.8. The van der Waals surface area contributed by atoms with E-state index in [1.807, 2.05) is 0 Å². The molecule has 0 bridgehead atoms. The normalized spacial score (nSPS) is 16.7. The number of phenolic OH excluding ortho intramolecular Hbond substituents is 2. The second kappa shape index (κ2) is 8.92. The van der Waals surface area contributed by atoms with Crippen molar-refractivity contribution in [2.24, 2.45) is 0 Å². The van der Waals surface area contributed by atoms with Gasteiger partial charge in [0, 0.05) is 26.2 Å². The van der Waals surface area contributed by atoms with E-state index in [0.29, 0.717) is 0 Å². The third-order valence-corrected chi connectivity index (χ3v) is 10.3. The summed E-state index contributed by atoms with van der Waals surface area (Å²) in [6.07, 6.45) is 0. The number of alkyl halides is 1. The summed E-state index contributed by atoms with van der Waals surface area (Å²) in [5.74, 6) is -1.96. The Morgan fingerprint density at radius 2 is 1.39 bits per heavy atom. The van der Waals surface area contributed by atoms with E-state index in [1.165, 1.54) is 18.2 Å². The van der Waals surface area contributed by atoms with Crippen LogP contribution in [0.25, 0.3) is 0 Å². The van der Waals surface area contributed by atoms with Crippen molar-refractivity contribution in [3.05, 3.63) is 73.4 Å². The van der Waals surface area contributed by atoms with Crippen LogP contribution in [0.15, 0.2) is 36.1 Å². The molecule has 13 heteroatoms. The molecule has 0 radical (unpaired) electrons. The van der Waals surface area contributed by atoms with Gasteiger partial charge in [-0.25, -0.2) is 4.79 Å². The van der Waals surface area contributed by atoms with Crippen molar-refractivity contribution in [2.75, 3.05) is 0 Å². The van der Waals surface area contributed by atoms with Gasteiger partial charge in [0.2, 0.25) is 0 Å². The molecule has 0 aromatic heterocycles. The van der Waals surface area contributed by atoms with E-state index in [-0.39, 0.29) is 72.5 Å². The van der Waals surface area contributed by atoms with Crippen LogP contribution in [0, 0.1) is 0 Å². The number of carboxylic acids is 1. The van der Waals surface area contributed by atoms with Gasteiger partial charge in [-0.15, -0.1) is 11.6 Å². The van der Waals surface area contributed by atoms with Crippen LogP contribution in [0.5, 0.6) is 23.0 Å². The molecule has 33 heavy (non-hydrogen) atoms. The third-order valence-electron chi connectivity index (χ3n) is 4.99. The van der Waals surface area contributed by atoms with Gasteiger partial charge in [0.25, 0.3) is 0 Å². The third kappa shape index (κ3) is 3.61. The van der Waals surface area contributed by atoms with E-state index in [2.05, 4.69) is 63.7 Å². The fourth-order valence-corrected chi connectivity index (χ4v) is 7.58. The van der Waals surface area contributed by atoms with Gasteiger partial charge in [0.05, 0.1) is 15.1 Å². The minimum Gasteiger partial charge on any atom is -0.505 e. The number of aromatic carboxylic acids is 1. The molecule has 3 aromatic carbocycles. The maximum Gasteiger partial charge on any atom is 0.336 e. The maximum absolute atomic E-state index is 12.2. The van der Waals surface area contributed by atoms with E-state index in [0.717, 1.165) is 0 Å². The van der Waals surface area contributed by atoms with Crippen molar-refractivity contribution >= 4 is 116 Å². The second-order valence-corrected chi connectivity index (χ2v) is 11.6. The number of hydrogen-bond acceptors (Lipinski definition) is 4. The Morgan fingerprint density at radius 3 is 2.00 bits per heavy atom. The summed E-state index contributed by atoms with van der Waals surface area (Å²) in [5, 5.41) is 30.6. The lowest BCUT2D eigenvalue weighted by molar-refractivity contribution is 0.0695. The van der Waals surface area contributed by atoms with Crippen LogP contribution >= 0.6 is 110 Å². The predicted octanol–water partition coefficient (Wildman–Crippen LogP) is 9.44. The predicted molar refractivity (Wildman–Crippen MR) is 141 cm³/mol. The van der Waals surface area contributed by atoms with E-state index in [4.69, 9.17) is 51.1 Å². The zero-order valence-electron chi connectivity index (χ0n) is 15.4. The van der Waals surface area contributed by atoms with Gasteiger partial charge in [-0.05, 0) is 75.9 Å². The number of benzene rings is 3. The molecule has 172 valence electrons. The summed E-state index contributed by atoms with van der Waals surface area (Å²) in [7, 11) is 0. The van der Waals surface area contributed by atoms with E-state index in [9.17, 15) is 20.1 Å². The number of hydrogen-bond donors (Lipinski definition) is 3. The maximum atomic E-state index is 12.2. The van der Waals surface area contributed by atoms with Gasteiger partial charge in [0.15, 0.2) is 17.2 Å². The monoisotopic (exact) mass is 782 g/mol. The number of ether oxygens (including phenoxy) is 1. The first kappa shape index (κ1) is 25.7. The first-order valence-corrected chi connectivity index (χ1v) is 13.2. The molecule has 1 heterocycles. The van der Waals surface area contributed by atoms with Gasteiger partial charge in [0.1, 0.15) is 24.6 Å². The van der Waals surface area contributed by atoms with Gasteiger partial charge in [-0.2, -0.15) is 0 Å². The van der Waals surface area contributed by atoms with Crippen molar-refractivity contribution < 1.29 is 24.9 Å². The highest BCUT2D eigenvalue weighted by molar-refractivity contribution is 9.13. The average Bonchev–Trinajstić information content (AvgIpc) is 2.77. The van der Waals surface area contributed by atoms with Crippen molar-refractivity contribution in [1.82, 2.24) is 0 Å². The summed E-state index contributed by atoms with van der Waals surface area (Å²) in [4.78, 5) is 10.3. The van der Waals surface area contributed by atoms with Gasteiger partial charge >= 0.3 is 5.97 Å². The average molecular weight is 788 g/mol. The summed E-state index contributed by atoms with van der Waals surface area (Å²) < 4.78 is 6.60. The van der Waals surface area contributed by atoms with Crippen LogP contribution in [0.4, 0.5) is 0 Å². The minimum atomic E-state index is -1.91. The molecule has 5 nitrogen and oxygen atoms in total. The van der Waals surface area contributed by atoms with E-state index >= 15 is 0 Å². The van der Waals surface area contributed by atoms with Crippen LogP contribution in [-0.2, 0) is 4.87 Å². The quantitative estimate of drug-likeness (QED) is 0.178. The summed E-state index contributed by atoms with van der Waals surface area (Å²) >= 11 is 40.1. The Bertz CT molecular complexity index is 1330. The summed E-state index contributed by atoms with van der Waals surface area (Å²) in [5.41, 5.74) is -0.0135. The number of fused-ring (bicyclic) bond motifs is 2. The molecular weight excluding hydrogens is 782 g/mol. The Kier molecular flexibility index (Phi) is 6.95. The summed E-state index contributed by atoms with van der Waals surface area (Å²) in [6.45, 7) is 0. The molecule has 0 saturated carbocycles. The van der Waals surface area contributed by atoms with Crippen molar-refractivity contribution in [2.45, 2.75) is 4.87 Å². The van der Waals surface area contributed by atoms with Crippen LogP contribution in [0.3, 0.4) is 0 Å². The van der Waals surface area contributed by atoms with Gasteiger partial charge in [-0.3, -0.25) is 0 Å². The molecule has 0 aliphatic carbocycles. The smallest absolute Gasteiger partial charge is 0.336 e. The molecule has 1 aliphatic heterocycles. The fraction of sp³-hybridized carbons (Fsp3) is 0.0500. The van der Waals surface area contributed by atoms with E-state index in [1.54, 1.807) is 0 Å². The minimum absolute atomic E-state index is 0.0111. The first-order valence-electron chi connectivity index (χ1n) is 8.54. The van der Waals surface area contributed by atoms with E-state index < -0.39 is 16.6 Å². The molecule has 0 amide bonds. The Balaban J connectivity index is 2.34. The first-order chi connectivity index (χ1) is 15.3. The SMILES string of the molecule is O=C(O)c1cccc(Cl)c1C1(Cl)c2c(Cl)c(Cl)c(O)c(Br)c2Oc2c(Br)c(O)c(Br)c(Br)c21. The molecule has 1 unspecified atom stereocenters. The Labute approximate surface area is 240 Å². The molecule has 0 saturated heterocycles. The number of aromatic hydroxyl groups is 2. The highest BCUT2D eigenvalue weighted by Gasteiger charge is 2.51. The lowest BCUT2D eigenvalue weighted by Crippen LogP contribution is -2.31. The molecule has 1 aliphatic rings. The van der Waals surface area contributed by atoms with Crippen molar-refractivity contribution in [3.8, 4) is 23.0 Å². The standard InChI is InChI=1S/C20H6Br4Cl4O5/c21-9-7-17(11(23)15(29)10(9)22)33-18-8(13(26)14(27)16(30)12(18)24)20(7,28)6-4(19(31)32)2-1-3-5(6)25/h1-3,29-30H,(H,31,32). The van der Waals surface area contributed by atoms with Crippen molar-refractivity contribution in [3.63, 3.8) is 0 Å². The number of phenols is 2. The Morgan fingerprint density at radius 1 is 0.818 bits per heavy atom. The number of carboxylic acid groups (broad SMARTS) is 1. The molecule has 0 spiro atoms. The van der Waals surface area contributed by atoms with Crippen molar-refractivity contribution in [1.29, 1.82) is 0 Å². The lowest BCUT2D eigenvalue weighted by atomic mass is 9.79. The second-order valence-electron chi connectivity index (χ2n) is 6.72. The molecule has 1 atom stereocenters.